The Kier molecular flexibility index (Phi) is 15.9. The van der Waals surface area contributed by atoms with Gasteiger partial charge in [0.25, 0.3) is 0 Å². The molecule has 3 aliphatic heterocycles. The van der Waals surface area contributed by atoms with E-state index in [9.17, 15) is 18.3 Å². The van der Waals surface area contributed by atoms with E-state index in [2.05, 4.69) is 32.0 Å². The highest BCUT2D eigenvalue weighted by Gasteiger charge is 2.49. The van der Waals surface area contributed by atoms with E-state index in [1.54, 1.807) is 57.2 Å². The fraction of sp³-hybridized carbons (Fsp3) is 0.634. The van der Waals surface area contributed by atoms with E-state index >= 15 is 0 Å². The zero-order chi connectivity index (χ0) is 38.8. The molecular formula is C41H61NO10S. The van der Waals surface area contributed by atoms with E-state index in [0.717, 1.165) is 36.8 Å². The van der Waals surface area contributed by atoms with Gasteiger partial charge in [-0.15, -0.1) is 6.58 Å². The number of rotatable bonds is 18. The van der Waals surface area contributed by atoms with Gasteiger partial charge in [0.2, 0.25) is 0 Å². The second-order valence-corrected chi connectivity index (χ2v) is 17.5. The lowest BCUT2D eigenvalue weighted by Gasteiger charge is -2.38. The number of methoxy groups -OCH3 is 1. The molecule has 3 heterocycles. The van der Waals surface area contributed by atoms with Crippen LogP contribution in [-0.4, -0.2) is 107 Å². The average Bonchev–Trinajstić information content (AvgIpc) is 3.61. The second kappa shape index (κ2) is 19.7. The lowest BCUT2D eigenvalue weighted by atomic mass is 9.83. The summed E-state index contributed by atoms with van der Waals surface area (Å²) in [5.74, 6) is -0.589. The van der Waals surface area contributed by atoms with Gasteiger partial charge in [0.1, 0.15) is 5.60 Å². The molecule has 0 radical (unpaired) electrons. The first-order valence-corrected chi connectivity index (χ1v) is 20.4. The van der Waals surface area contributed by atoms with Crippen molar-refractivity contribution in [3.05, 3.63) is 79.4 Å². The third kappa shape index (κ3) is 12.9. The molecule has 11 nitrogen and oxygen atoms in total. The number of alkyl carbamates (subject to hydrolysis) is 1. The number of amides is 1. The van der Waals surface area contributed by atoms with Crippen LogP contribution in [0.4, 0.5) is 4.79 Å². The zero-order valence-electron chi connectivity index (χ0n) is 32.1. The normalized spacial score (nSPS) is 30.1. The van der Waals surface area contributed by atoms with E-state index in [1.807, 2.05) is 12.2 Å². The maximum Gasteiger partial charge on any atom is 0.407 e. The number of sulfone groups is 1. The summed E-state index contributed by atoms with van der Waals surface area (Å²) in [5.41, 5.74) is 1.33. The third-order valence-corrected chi connectivity index (χ3v) is 11.9. The van der Waals surface area contributed by atoms with Crippen molar-refractivity contribution in [2.45, 2.75) is 126 Å². The Bertz CT molecular complexity index is 1510. The molecule has 0 aliphatic carbocycles. The minimum absolute atomic E-state index is 0.0320. The lowest BCUT2D eigenvalue weighted by Crippen LogP contribution is -2.41. The number of aliphatic hydroxyl groups excluding tert-OH is 1. The number of nitrogens with one attached hydrogen (secondary N) is 1. The summed E-state index contributed by atoms with van der Waals surface area (Å²) in [7, 11) is -2.19. The number of hydrogen-bond acceptors (Lipinski definition) is 10. The van der Waals surface area contributed by atoms with Crippen LogP contribution in [0.5, 0.6) is 0 Å². The number of carbonyl (C=O) groups excluding carboxylic acids is 1. The Morgan fingerprint density at radius 2 is 1.81 bits per heavy atom. The van der Waals surface area contributed by atoms with Crippen molar-refractivity contribution in [2.24, 2.45) is 11.8 Å². The largest absolute Gasteiger partial charge is 0.444 e. The molecule has 0 aromatic heterocycles. The standard InChI is InChI=1S/C41H61NO10S/c1-9-19-48-20-13-14-31-22-28(3)35(49-31)18-17-32-21-27(2)29(4)36(50-32)24-37-34(26-53(45,46)33-15-11-10-12-16-33)39(47-8)38(51-37)23-30(43)25-42-40(44)52-41(5,6)7/h9-16,27,30-32,34-39,43H,1,3-4,17-26H2,2,5-8H3,(H,42,44)/b14-13+/t27-,30+,31+,32+,34?,35?,36?,37+,38?,39-/m1/s1. The number of hydrogen-bond donors (Lipinski definition) is 2. The predicted octanol–water partition coefficient (Wildman–Crippen LogP) is 6.13. The molecule has 53 heavy (non-hydrogen) atoms. The molecule has 12 heteroatoms. The van der Waals surface area contributed by atoms with Crippen LogP contribution >= 0.6 is 0 Å². The van der Waals surface area contributed by atoms with Crippen LogP contribution in [0.3, 0.4) is 0 Å². The van der Waals surface area contributed by atoms with Crippen molar-refractivity contribution in [2.75, 3.05) is 32.6 Å². The molecule has 0 bridgehead atoms. The number of carbonyl (C=O) groups is 1. The average molecular weight is 760 g/mol. The van der Waals surface area contributed by atoms with Crippen LogP contribution in [0.15, 0.2) is 84.3 Å². The zero-order valence-corrected chi connectivity index (χ0v) is 32.9. The third-order valence-electron chi connectivity index (χ3n) is 10.1. The fourth-order valence-corrected chi connectivity index (χ4v) is 9.10. The van der Waals surface area contributed by atoms with Gasteiger partial charge in [-0.1, -0.05) is 56.5 Å². The van der Waals surface area contributed by atoms with E-state index in [0.29, 0.717) is 19.6 Å². The highest BCUT2D eigenvalue weighted by atomic mass is 32.2. The van der Waals surface area contributed by atoms with Crippen LogP contribution < -0.4 is 5.32 Å². The molecule has 4 rings (SSSR count). The van der Waals surface area contributed by atoms with Crippen molar-refractivity contribution in [3.8, 4) is 0 Å². The molecular weight excluding hydrogens is 699 g/mol. The minimum atomic E-state index is -3.72. The molecule has 0 saturated carbocycles. The molecule has 0 spiro atoms. The molecule has 3 saturated heterocycles. The van der Waals surface area contributed by atoms with Gasteiger partial charge in [0.15, 0.2) is 9.84 Å². The molecule has 1 aromatic rings. The Morgan fingerprint density at radius 3 is 2.49 bits per heavy atom. The van der Waals surface area contributed by atoms with Gasteiger partial charge in [-0.25, -0.2) is 13.2 Å². The molecule has 1 aromatic carbocycles. The van der Waals surface area contributed by atoms with Gasteiger partial charge in [0.05, 0.1) is 72.7 Å². The van der Waals surface area contributed by atoms with Crippen LogP contribution in [0.25, 0.3) is 0 Å². The van der Waals surface area contributed by atoms with E-state index in [1.165, 1.54) is 7.11 Å². The SMILES string of the molecule is C=CCOC/C=C/[C@H]1CC(=C)C(CC[C@H]2C[C@@H](C)C(=C)C(C[C@@H]3OC(C[C@H](O)CNC(=O)OC(C)(C)C)[C@H](OC)C3CS(=O)(=O)c3ccccc3)O2)O1. The van der Waals surface area contributed by atoms with Crippen molar-refractivity contribution in [1.29, 1.82) is 0 Å². The summed E-state index contributed by atoms with van der Waals surface area (Å²) in [6, 6.07) is 8.35. The highest BCUT2D eigenvalue weighted by Crippen LogP contribution is 2.41. The Morgan fingerprint density at radius 1 is 1.08 bits per heavy atom. The van der Waals surface area contributed by atoms with Crippen molar-refractivity contribution in [3.63, 3.8) is 0 Å². The number of ether oxygens (including phenoxy) is 6. The molecule has 1 amide bonds. The van der Waals surface area contributed by atoms with Crippen molar-refractivity contribution >= 4 is 15.9 Å². The van der Waals surface area contributed by atoms with Crippen molar-refractivity contribution < 1.29 is 46.7 Å². The molecule has 2 N–H and O–H groups in total. The Labute approximate surface area is 316 Å². The monoisotopic (exact) mass is 759 g/mol. The summed E-state index contributed by atoms with van der Waals surface area (Å²) in [5, 5.41) is 13.6. The minimum Gasteiger partial charge on any atom is -0.444 e. The second-order valence-electron chi connectivity index (χ2n) is 15.5. The maximum absolute atomic E-state index is 13.7. The number of benzene rings is 1. The van der Waals surface area contributed by atoms with E-state index in [4.69, 9.17) is 28.4 Å². The fourth-order valence-electron chi connectivity index (χ4n) is 7.42. The molecule has 10 atom stereocenters. The molecule has 4 unspecified atom stereocenters. The molecule has 3 fully saturated rings. The first-order chi connectivity index (χ1) is 25.1. The van der Waals surface area contributed by atoms with Gasteiger partial charge in [-0.3, -0.25) is 0 Å². The quantitative estimate of drug-likeness (QED) is 0.133. The topological polar surface area (TPSA) is 139 Å². The predicted molar refractivity (Wildman–Crippen MR) is 204 cm³/mol. The van der Waals surface area contributed by atoms with Gasteiger partial charge in [0, 0.05) is 38.8 Å². The summed E-state index contributed by atoms with van der Waals surface area (Å²) in [6.07, 6.45) is 5.34. The number of aliphatic hydroxyl groups is 1. The molecule has 296 valence electrons. The van der Waals surface area contributed by atoms with Crippen LogP contribution in [0, 0.1) is 11.8 Å². The Hall–Kier alpha value is -2.84. The molecule has 3 aliphatic rings. The van der Waals surface area contributed by atoms with Gasteiger partial charge >= 0.3 is 6.09 Å². The summed E-state index contributed by atoms with van der Waals surface area (Å²) < 4.78 is 63.7. The first kappa shape index (κ1) is 42.9. The summed E-state index contributed by atoms with van der Waals surface area (Å²) >= 11 is 0. The lowest BCUT2D eigenvalue weighted by molar-refractivity contribution is -0.0769. The summed E-state index contributed by atoms with van der Waals surface area (Å²) in [6.45, 7) is 20.7. The Balaban J connectivity index is 1.43. The smallest absolute Gasteiger partial charge is 0.407 e. The highest BCUT2D eigenvalue weighted by molar-refractivity contribution is 7.91. The summed E-state index contributed by atoms with van der Waals surface area (Å²) in [4.78, 5) is 12.5. The van der Waals surface area contributed by atoms with Crippen LogP contribution in [0.1, 0.15) is 66.2 Å². The van der Waals surface area contributed by atoms with Gasteiger partial charge in [-0.2, -0.15) is 0 Å². The van der Waals surface area contributed by atoms with Crippen LogP contribution in [-0.2, 0) is 38.3 Å². The van der Waals surface area contributed by atoms with E-state index < -0.39 is 51.9 Å². The van der Waals surface area contributed by atoms with E-state index in [-0.39, 0.29) is 53.9 Å². The van der Waals surface area contributed by atoms with Gasteiger partial charge < -0.3 is 38.8 Å². The first-order valence-electron chi connectivity index (χ1n) is 18.7. The van der Waals surface area contributed by atoms with Crippen molar-refractivity contribution in [1.82, 2.24) is 5.32 Å². The van der Waals surface area contributed by atoms with Gasteiger partial charge in [-0.05, 0) is 69.2 Å². The van der Waals surface area contributed by atoms with Crippen LogP contribution in [0.2, 0.25) is 0 Å². The maximum atomic E-state index is 13.7.